The van der Waals surface area contributed by atoms with E-state index in [1.165, 1.54) is 0 Å². The molecule has 0 heterocycles. The van der Waals surface area contributed by atoms with E-state index in [2.05, 4.69) is 0 Å². The van der Waals surface area contributed by atoms with Crippen molar-refractivity contribution in [2.24, 2.45) is 0 Å². The lowest BCUT2D eigenvalue weighted by molar-refractivity contribution is 0.0338. The van der Waals surface area contributed by atoms with Crippen molar-refractivity contribution < 1.29 is 14.3 Å². The van der Waals surface area contributed by atoms with Crippen molar-refractivity contribution >= 4 is 17.6 Å². The van der Waals surface area contributed by atoms with E-state index in [0.29, 0.717) is 18.1 Å². The summed E-state index contributed by atoms with van der Waals surface area (Å²) < 4.78 is 11.0. The highest BCUT2D eigenvalue weighted by atomic mass is 35.5. The zero-order valence-electron chi connectivity index (χ0n) is 12.5. The molecule has 2 aromatic carbocycles. The van der Waals surface area contributed by atoms with Gasteiger partial charge in [0.2, 0.25) is 0 Å². The summed E-state index contributed by atoms with van der Waals surface area (Å²) >= 11 is 5.61. The predicted octanol–water partition coefficient (Wildman–Crippen LogP) is 4.61. The first-order chi connectivity index (χ1) is 10.7. The zero-order chi connectivity index (χ0) is 15.8. The fraction of sp³-hybridized carbons (Fsp3) is 0.278. The Bertz CT molecular complexity index is 581. The molecule has 2 rings (SSSR count). The molecule has 0 radical (unpaired) electrons. The molecule has 0 amide bonds. The Balaban J connectivity index is 1.92. The van der Waals surface area contributed by atoms with Crippen LogP contribution in [0.15, 0.2) is 54.6 Å². The van der Waals surface area contributed by atoms with Gasteiger partial charge in [0.1, 0.15) is 11.9 Å². The summed E-state index contributed by atoms with van der Waals surface area (Å²) in [6, 6.07) is 16.5. The van der Waals surface area contributed by atoms with Gasteiger partial charge in [-0.1, -0.05) is 30.3 Å². The molecule has 0 aliphatic rings. The number of halogens is 1. The van der Waals surface area contributed by atoms with E-state index in [4.69, 9.17) is 21.1 Å². The standard InChI is InChI=1S/C18H19ClO3/c1-14(22-18(20)16-6-3-2-4-7-16)15-8-10-17(11-9-15)21-13-5-12-19/h2-4,6-11,14H,5,12-13H2,1H3. The van der Waals surface area contributed by atoms with E-state index in [-0.39, 0.29) is 12.1 Å². The molecule has 0 saturated carbocycles. The summed E-state index contributed by atoms with van der Waals surface area (Å²) in [5.41, 5.74) is 1.48. The minimum atomic E-state index is -0.324. The lowest BCUT2D eigenvalue weighted by atomic mass is 10.1. The maximum absolute atomic E-state index is 12.0. The Morgan fingerprint density at radius 2 is 1.77 bits per heavy atom. The molecular weight excluding hydrogens is 300 g/mol. The molecular formula is C18H19ClO3. The van der Waals surface area contributed by atoms with Crippen molar-refractivity contribution in [2.45, 2.75) is 19.4 Å². The zero-order valence-corrected chi connectivity index (χ0v) is 13.3. The summed E-state index contributed by atoms with van der Waals surface area (Å²) in [5.74, 6) is 1.05. The van der Waals surface area contributed by atoms with Gasteiger partial charge < -0.3 is 9.47 Å². The van der Waals surface area contributed by atoms with Crippen LogP contribution in [0.25, 0.3) is 0 Å². The minimum absolute atomic E-state index is 0.315. The summed E-state index contributed by atoms with van der Waals surface area (Å²) in [7, 11) is 0. The van der Waals surface area contributed by atoms with Crippen LogP contribution in [0.1, 0.15) is 35.4 Å². The number of esters is 1. The molecule has 116 valence electrons. The topological polar surface area (TPSA) is 35.5 Å². The number of benzene rings is 2. The molecule has 1 atom stereocenters. The fourth-order valence-electron chi connectivity index (χ4n) is 1.95. The molecule has 0 aliphatic carbocycles. The smallest absolute Gasteiger partial charge is 0.338 e. The van der Waals surface area contributed by atoms with Crippen molar-refractivity contribution in [1.82, 2.24) is 0 Å². The first-order valence-electron chi connectivity index (χ1n) is 7.25. The monoisotopic (exact) mass is 318 g/mol. The number of rotatable bonds is 7. The average molecular weight is 319 g/mol. The molecule has 0 fully saturated rings. The van der Waals surface area contributed by atoms with Crippen LogP contribution in [0.5, 0.6) is 5.75 Å². The SMILES string of the molecule is CC(OC(=O)c1ccccc1)c1ccc(OCCCCl)cc1. The van der Waals surface area contributed by atoms with Crippen molar-refractivity contribution in [1.29, 1.82) is 0 Å². The van der Waals surface area contributed by atoms with Crippen LogP contribution in [0.4, 0.5) is 0 Å². The Morgan fingerprint density at radius 1 is 1.09 bits per heavy atom. The Labute approximate surface area is 135 Å². The molecule has 4 heteroatoms. The third kappa shape index (κ3) is 4.78. The van der Waals surface area contributed by atoms with Gasteiger partial charge in [-0.15, -0.1) is 11.6 Å². The van der Waals surface area contributed by atoms with Crippen molar-refractivity contribution in [3.05, 3.63) is 65.7 Å². The van der Waals surface area contributed by atoms with Gasteiger partial charge in [0.05, 0.1) is 12.2 Å². The highest BCUT2D eigenvalue weighted by Crippen LogP contribution is 2.21. The summed E-state index contributed by atoms with van der Waals surface area (Å²) in [6.07, 6.45) is 0.499. The molecule has 0 aromatic heterocycles. The van der Waals surface area contributed by atoms with Crippen LogP contribution in [-0.2, 0) is 4.74 Å². The normalized spacial score (nSPS) is 11.7. The van der Waals surface area contributed by atoms with Gasteiger partial charge in [-0.3, -0.25) is 0 Å². The molecule has 0 N–H and O–H groups in total. The average Bonchev–Trinajstić information content (AvgIpc) is 2.56. The Morgan fingerprint density at radius 3 is 2.41 bits per heavy atom. The van der Waals surface area contributed by atoms with Gasteiger partial charge in [0.15, 0.2) is 0 Å². The lowest BCUT2D eigenvalue weighted by Gasteiger charge is -2.14. The molecule has 0 spiro atoms. The number of ether oxygens (including phenoxy) is 2. The summed E-state index contributed by atoms with van der Waals surface area (Å²) in [4.78, 5) is 12.0. The first kappa shape index (κ1) is 16.4. The van der Waals surface area contributed by atoms with Crippen LogP contribution in [-0.4, -0.2) is 18.5 Å². The molecule has 0 saturated heterocycles. The second-order valence-corrected chi connectivity index (χ2v) is 5.25. The van der Waals surface area contributed by atoms with Gasteiger partial charge in [0.25, 0.3) is 0 Å². The number of carbonyl (C=O) groups is 1. The summed E-state index contributed by atoms with van der Waals surface area (Å²) in [5, 5.41) is 0. The number of carbonyl (C=O) groups excluding carboxylic acids is 1. The van der Waals surface area contributed by atoms with E-state index >= 15 is 0 Å². The van der Waals surface area contributed by atoms with Crippen LogP contribution in [0, 0.1) is 0 Å². The van der Waals surface area contributed by atoms with E-state index in [1.807, 2.05) is 49.4 Å². The Hall–Kier alpha value is -2.00. The molecule has 0 bridgehead atoms. The van der Waals surface area contributed by atoms with Gasteiger partial charge in [-0.25, -0.2) is 4.79 Å². The molecule has 0 aliphatic heterocycles. The molecule has 3 nitrogen and oxygen atoms in total. The third-order valence-corrected chi connectivity index (χ3v) is 3.46. The second kappa shape index (κ2) is 8.44. The molecule has 2 aromatic rings. The van der Waals surface area contributed by atoms with Crippen molar-refractivity contribution in [3.63, 3.8) is 0 Å². The van der Waals surface area contributed by atoms with Crippen LogP contribution in [0.3, 0.4) is 0 Å². The second-order valence-electron chi connectivity index (χ2n) is 4.87. The quantitative estimate of drug-likeness (QED) is 0.425. The first-order valence-corrected chi connectivity index (χ1v) is 7.79. The number of alkyl halides is 1. The molecule has 22 heavy (non-hydrogen) atoms. The van der Waals surface area contributed by atoms with E-state index in [1.54, 1.807) is 12.1 Å². The van der Waals surface area contributed by atoms with Gasteiger partial charge in [-0.05, 0) is 43.2 Å². The van der Waals surface area contributed by atoms with Gasteiger partial charge in [-0.2, -0.15) is 0 Å². The largest absolute Gasteiger partial charge is 0.494 e. The Kier molecular flexibility index (Phi) is 6.28. The highest BCUT2D eigenvalue weighted by Gasteiger charge is 2.13. The summed E-state index contributed by atoms with van der Waals surface area (Å²) in [6.45, 7) is 2.45. The maximum Gasteiger partial charge on any atom is 0.338 e. The highest BCUT2D eigenvalue weighted by molar-refractivity contribution is 6.17. The van der Waals surface area contributed by atoms with Crippen LogP contribution in [0.2, 0.25) is 0 Å². The van der Waals surface area contributed by atoms with Crippen molar-refractivity contribution in [2.75, 3.05) is 12.5 Å². The van der Waals surface area contributed by atoms with Gasteiger partial charge in [0, 0.05) is 5.88 Å². The fourth-order valence-corrected chi connectivity index (χ4v) is 2.06. The predicted molar refractivity (Wildman–Crippen MR) is 87.5 cm³/mol. The number of hydrogen-bond donors (Lipinski definition) is 0. The third-order valence-electron chi connectivity index (χ3n) is 3.19. The number of hydrogen-bond acceptors (Lipinski definition) is 3. The van der Waals surface area contributed by atoms with Crippen LogP contribution >= 0.6 is 11.6 Å². The van der Waals surface area contributed by atoms with Crippen molar-refractivity contribution in [3.8, 4) is 5.75 Å². The maximum atomic E-state index is 12.0. The van der Waals surface area contributed by atoms with E-state index < -0.39 is 0 Å². The lowest BCUT2D eigenvalue weighted by Crippen LogP contribution is -2.09. The van der Waals surface area contributed by atoms with Gasteiger partial charge >= 0.3 is 5.97 Å². The van der Waals surface area contributed by atoms with E-state index in [9.17, 15) is 4.79 Å². The van der Waals surface area contributed by atoms with E-state index in [0.717, 1.165) is 17.7 Å². The minimum Gasteiger partial charge on any atom is -0.494 e. The van der Waals surface area contributed by atoms with Crippen LogP contribution < -0.4 is 4.74 Å². The molecule has 1 unspecified atom stereocenters.